The molecule has 1 heterocycles. The number of cyclic esters (lactones) is 1. The fourth-order valence-corrected chi connectivity index (χ4v) is 1.85. The van der Waals surface area contributed by atoms with E-state index in [0.717, 1.165) is 0 Å². The quantitative estimate of drug-likeness (QED) is 0.846. The van der Waals surface area contributed by atoms with Crippen molar-refractivity contribution in [3.05, 3.63) is 39.0 Å². The zero-order valence-corrected chi connectivity index (χ0v) is 11.6. The van der Waals surface area contributed by atoms with Crippen molar-refractivity contribution in [1.29, 1.82) is 0 Å². The SMILES string of the molecule is Cl.O=C1OC(O)C(Oc2c(Cl)cccc2Cl)=C1Cl. The van der Waals surface area contributed by atoms with Crippen molar-refractivity contribution in [2.24, 2.45) is 0 Å². The summed E-state index contributed by atoms with van der Waals surface area (Å²) in [4.78, 5) is 11.0. The molecule has 1 unspecified atom stereocenters. The molecular weight excluding hydrogens is 326 g/mol. The maximum atomic E-state index is 11.0. The minimum absolute atomic E-state index is 0. The first-order valence-corrected chi connectivity index (χ1v) is 5.54. The van der Waals surface area contributed by atoms with E-state index in [2.05, 4.69) is 4.74 Å². The molecule has 1 aliphatic rings. The number of hydrogen-bond donors (Lipinski definition) is 1. The van der Waals surface area contributed by atoms with E-state index < -0.39 is 12.3 Å². The third kappa shape index (κ3) is 2.84. The smallest absolute Gasteiger partial charge is 0.356 e. The number of esters is 1. The molecule has 4 nitrogen and oxygen atoms in total. The van der Waals surface area contributed by atoms with Gasteiger partial charge in [0, 0.05) is 0 Å². The number of aliphatic hydroxyl groups is 1. The van der Waals surface area contributed by atoms with Crippen molar-refractivity contribution >= 4 is 53.2 Å². The highest BCUT2D eigenvalue weighted by atomic mass is 35.5. The lowest BCUT2D eigenvalue weighted by atomic mass is 10.3. The molecule has 0 aliphatic carbocycles. The zero-order valence-electron chi connectivity index (χ0n) is 8.52. The Bertz CT molecular complexity index is 494. The van der Waals surface area contributed by atoms with E-state index >= 15 is 0 Å². The second-order valence-corrected chi connectivity index (χ2v) is 4.28. The molecule has 98 valence electrons. The number of ether oxygens (including phenoxy) is 2. The largest absolute Gasteiger partial charge is 0.450 e. The molecule has 0 radical (unpaired) electrons. The lowest BCUT2D eigenvalue weighted by molar-refractivity contribution is -0.153. The van der Waals surface area contributed by atoms with Crippen LogP contribution in [-0.4, -0.2) is 17.4 Å². The van der Waals surface area contributed by atoms with Crippen molar-refractivity contribution in [3.63, 3.8) is 0 Å². The van der Waals surface area contributed by atoms with Gasteiger partial charge in [0.15, 0.2) is 16.5 Å². The lowest BCUT2D eigenvalue weighted by Gasteiger charge is -2.11. The van der Waals surface area contributed by atoms with Gasteiger partial charge in [-0.05, 0) is 12.1 Å². The highest BCUT2D eigenvalue weighted by molar-refractivity contribution is 6.42. The number of hydrogen-bond acceptors (Lipinski definition) is 4. The van der Waals surface area contributed by atoms with Crippen LogP contribution in [0.25, 0.3) is 0 Å². The number of aliphatic hydroxyl groups excluding tert-OH is 1. The summed E-state index contributed by atoms with van der Waals surface area (Å²) in [5, 5.41) is 9.48. The molecule has 1 aromatic rings. The molecule has 1 aliphatic heterocycles. The first kappa shape index (κ1) is 15.4. The molecule has 2 rings (SSSR count). The molecule has 0 saturated carbocycles. The third-order valence-electron chi connectivity index (χ3n) is 1.97. The fraction of sp³-hybridized carbons (Fsp3) is 0.100. The van der Waals surface area contributed by atoms with Crippen LogP contribution in [0.2, 0.25) is 10.0 Å². The highest BCUT2D eigenvalue weighted by Crippen LogP contribution is 2.36. The van der Waals surface area contributed by atoms with Crippen LogP contribution in [0.5, 0.6) is 5.75 Å². The second kappa shape index (κ2) is 5.99. The van der Waals surface area contributed by atoms with Crippen molar-refractivity contribution in [1.82, 2.24) is 0 Å². The van der Waals surface area contributed by atoms with Crippen molar-refractivity contribution in [2.75, 3.05) is 0 Å². The molecule has 0 saturated heterocycles. The highest BCUT2D eigenvalue weighted by Gasteiger charge is 2.34. The Morgan fingerprint density at radius 2 is 1.78 bits per heavy atom. The molecule has 1 N–H and O–H groups in total. The second-order valence-electron chi connectivity index (χ2n) is 3.09. The van der Waals surface area contributed by atoms with Gasteiger partial charge in [-0.1, -0.05) is 40.9 Å². The average molecular weight is 332 g/mol. The van der Waals surface area contributed by atoms with Gasteiger partial charge in [0.2, 0.25) is 0 Å². The molecule has 0 spiro atoms. The predicted octanol–water partition coefficient (Wildman–Crippen LogP) is 3.12. The van der Waals surface area contributed by atoms with Gasteiger partial charge in [-0.3, -0.25) is 0 Å². The van der Waals surface area contributed by atoms with Crippen LogP contribution in [0.15, 0.2) is 29.0 Å². The van der Waals surface area contributed by atoms with Crippen LogP contribution in [0.1, 0.15) is 0 Å². The summed E-state index contributed by atoms with van der Waals surface area (Å²) in [6, 6.07) is 4.71. The van der Waals surface area contributed by atoms with Crippen molar-refractivity contribution in [3.8, 4) is 5.75 Å². The standard InChI is InChI=1S/C10H5Cl3O4.ClH/c11-4-2-1-3-5(12)7(4)16-8-6(13)9(14)17-10(8)15;/h1-3,10,15H;1H. The van der Waals surface area contributed by atoms with Gasteiger partial charge in [0.25, 0.3) is 6.29 Å². The maximum Gasteiger partial charge on any atom is 0.356 e. The Morgan fingerprint density at radius 1 is 1.22 bits per heavy atom. The summed E-state index contributed by atoms with van der Waals surface area (Å²) in [6.07, 6.45) is -1.55. The summed E-state index contributed by atoms with van der Waals surface area (Å²) in [7, 11) is 0. The van der Waals surface area contributed by atoms with E-state index in [1.165, 1.54) is 0 Å². The molecule has 0 aromatic heterocycles. The Balaban J connectivity index is 0.00000162. The molecule has 1 atom stereocenters. The van der Waals surface area contributed by atoms with Gasteiger partial charge in [0.05, 0.1) is 10.0 Å². The topological polar surface area (TPSA) is 55.8 Å². The summed E-state index contributed by atoms with van der Waals surface area (Å²) < 4.78 is 9.66. The number of benzene rings is 1. The van der Waals surface area contributed by atoms with Crippen LogP contribution >= 0.6 is 47.2 Å². The molecule has 1 aromatic carbocycles. The van der Waals surface area contributed by atoms with Crippen LogP contribution in [-0.2, 0) is 9.53 Å². The summed E-state index contributed by atoms with van der Waals surface area (Å²) in [6.45, 7) is 0. The minimum atomic E-state index is -1.55. The Kier molecular flexibility index (Phi) is 5.13. The Morgan fingerprint density at radius 3 is 2.22 bits per heavy atom. The van der Waals surface area contributed by atoms with Crippen molar-refractivity contribution < 1.29 is 19.4 Å². The fourth-order valence-electron chi connectivity index (χ4n) is 1.20. The van der Waals surface area contributed by atoms with Gasteiger partial charge in [-0.25, -0.2) is 4.79 Å². The Labute approximate surface area is 123 Å². The Hall–Kier alpha value is -0.650. The van der Waals surface area contributed by atoms with Crippen LogP contribution in [0.4, 0.5) is 0 Å². The van der Waals surface area contributed by atoms with E-state index in [1.807, 2.05) is 0 Å². The van der Waals surface area contributed by atoms with E-state index in [-0.39, 0.29) is 39.0 Å². The summed E-state index contributed by atoms with van der Waals surface area (Å²) in [5.74, 6) is -0.995. The monoisotopic (exact) mass is 330 g/mol. The van der Waals surface area contributed by atoms with E-state index in [4.69, 9.17) is 39.5 Å². The van der Waals surface area contributed by atoms with Crippen LogP contribution in [0, 0.1) is 0 Å². The van der Waals surface area contributed by atoms with Crippen LogP contribution < -0.4 is 4.74 Å². The van der Waals surface area contributed by atoms with Crippen LogP contribution in [0.3, 0.4) is 0 Å². The minimum Gasteiger partial charge on any atom is -0.450 e. The van der Waals surface area contributed by atoms with E-state index in [1.54, 1.807) is 18.2 Å². The van der Waals surface area contributed by atoms with Gasteiger partial charge < -0.3 is 14.6 Å². The van der Waals surface area contributed by atoms with Gasteiger partial charge in [-0.2, -0.15) is 0 Å². The maximum absolute atomic E-state index is 11.0. The molecule has 0 amide bonds. The third-order valence-corrected chi connectivity index (χ3v) is 2.91. The normalized spacial score (nSPS) is 18.4. The number of carbonyl (C=O) groups excluding carboxylic acids is 1. The van der Waals surface area contributed by atoms with E-state index in [9.17, 15) is 9.90 Å². The molecule has 18 heavy (non-hydrogen) atoms. The number of para-hydroxylation sites is 1. The number of rotatable bonds is 2. The molecular formula is C10H6Cl4O4. The van der Waals surface area contributed by atoms with Crippen molar-refractivity contribution in [2.45, 2.75) is 6.29 Å². The average Bonchev–Trinajstić information content (AvgIpc) is 2.49. The zero-order chi connectivity index (χ0) is 12.6. The first-order chi connectivity index (χ1) is 8.00. The van der Waals surface area contributed by atoms with Gasteiger partial charge in [-0.15, -0.1) is 12.4 Å². The summed E-state index contributed by atoms with van der Waals surface area (Å²) >= 11 is 17.3. The molecule has 0 bridgehead atoms. The lowest BCUT2D eigenvalue weighted by Crippen LogP contribution is -2.13. The molecule has 8 heteroatoms. The van der Waals surface area contributed by atoms with E-state index in [0.29, 0.717) is 0 Å². The van der Waals surface area contributed by atoms with Gasteiger partial charge >= 0.3 is 5.97 Å². The number of carbonyl (C=O) groups is 1. The first-order valence-electron chi connectivity index (χ1n) is 4.41. The predicted molar refractivity (Wildman–Crippen MR) is 69.3 cm³/mol. The molecule has 0 fully saturated rings. The summed E-state index contributed by atoms with van der Waals surface area (Å²) in [5.41, 5.74) is 0. The van der Waals surface area contributed by atoms with Gasteiger partial charge in [0.1, 0.15) is 0 Å². The number of halogens is 4.